The molecule has 14 heavy (non-hydrogen) atoms. The van der Waals surface area contributed by atoms with Crippen molar-refractivity contribution in [3.05, 3.63) is 59.5 Å². The summed E-state index contributed by atoms with van der Waals surface area (Å²) < 4.78 is 4.58. The lowest BCUT2D eigenvalue weighted by Crippen LogP contribution is -1.69. The van der Waals surface area contributed by atoms with Crippen molar-refractivity contribution in [1.29, 1.82) is 5.26 Å². The lowest BCUT2D eigenvalue weighted by atomic mass is 10.2. The third-order valence-electron chi connectivity index (χ3n) is 1.40. The highest BCUT2D eigenvalue weighted by Gasteiger charge is 1.86. The van der Waals surface area contributed by atoms with Gasteiger partial charge >= 0.3 is 0 Å². The third-order valence-corrected chi connectivity index (χ3v) is 1.65. The number of benzene rings is 1. The van der Waals surface area contributed by atoms with Crippen LogP contribution >= 0.6 is 11.6 Å². The van der Waals surface area contributed by atoms with Crippen LogP contribution in [0.3, 0.4) is 0 Å². The van der Waals surface area contributed by atoms with E-state index in [4.69, 9.17) is 16.9 Å². The first-order chi connectivity index (χ1) is 6.83. The first-order valence-electron chi connectivity index (χ1n) is 3.96. The molecular formula is C11H8ClNO. The second kappa shape index (κ2) is 5.85. The van der Waals surface area contributed by atoms with Crippen LogP contribution in [0.25, 0.3) is 0 Å². The van der Waals surface area contributed by atoms with Gasteiger partial charge in [0, 0.05) is 5.02 Å². The van der Waals surface area contributed by atoms with Gasteiger partial charge in [-0.1, -0.05) is 11.6 Å². The minimum atomic E-state index is 0.638. The van der Waals surface area contributed by atoms with Crippen molar-refractivity contribution in [3.8, 4) is 6.07 Å². The molecule has 3 heteroatoms. The molecule has 0 aliphatic heterocycles. The molecule has 0 spiro atoms. The number of hydrogen-bond acceptors (Lipinski definition) is 2. The van der Waals surface area contributed by atoms with E-state index in [1.54, 1.807) is 36.8 Å². The van der Waals surface area contributed by atoms with Gasteiger partial charge in [0.15, 0.2) is 0 Å². The second-order valence-electron chi connectivity index (χ2n) is 2.41. The highest BCUT2D eigenvalue weighted by Crippen LogP contribution is 2.07. The van der Waals surface area contributed by atoms with Gasteiger partial charge < -0.3 is 4.42 Å². The van der Waals surface area contributed by atoms with E-state index in [-0.39, 0.29) is 0 Å². The Morgan fingerprint density at radius 2 is 1.64 bits per heavy atom. The number of nitriles is 1. The molecule has 1 aromatic carbocycles. The van der Waals surface area contributed by atoms with Crippen LogP contribution in [0, 0.1) is 11.3 Å². The van der Waals surface area contributed by atoms with E-state index in [1.807, 2.05) is 18.2 Å². The van der Waals surface area contributed by atoms with Crippen LogP contribution in [0.4, 0.5) is 0 Å². The Kier molecular flexibility index (Phi) is 4.33. The largest absolute Gasteiger partial charge is 0.473 e. The van der Waals surface area contributed by atoms with Crippen LogP contribution in [0.1, 0.15) is 5.56 Å². The van der Waals surface area contributed by atoms with Crippen molar-refractivity contribution in [2.45, 2.75) is 0 Å². The fourth-order valence-electron chi connectivity index (χ4n) is 0.751. The van der Waals surface area contributed by atoms with Crippen LogP contribution in [0.15, 0.2) is 53.3 Å². The molecule has 2 aromatic rings. The minimum absolute atomic E-state index is 0.638. The van der Waals surface area contributed by atoms with Gasteiger partial charge in [0.1, 0.15) is 0 Å². The Labute approximate surface area is 87.3 Å². The van der Waals surface area contributed by atoms with Crippen molar-refractivity contribution in [1.82, 2.24) is 0 Å². The predicted molar refractivity (Wildman–Crippen MR) is 54.9 cm³/mol. The van der Waals surface area contributed by atoms with Gasteiger partial charge in [-0.05, 0) is 36.4 Å². The molecule has 0 aliphatic rings. The molecule has 0 radical (unpaired) electrons. The standard InChI is InChI=1S/C7H4ClN.C4H4O/c8-7-3-1-6(5-9)2-4-7;1-2-4-5-3-1/h1-4H;1-4H. The van der Waals surface area contributed by atoms with Gasteiger partial charge in [0.2, 0.25) is 0 Å². The smallest absolute Gasteiger partial charge is 0.0991 e. The molecular weight excluding hydrogens is 198 g/mol. The van der Waals surface area contributed by atoms with Crippen molar-refractivity contribution in [3.63, 3.8) is 0 Å². The Hall–Kier alpha value is -1.72. The summed E-state index contributed by atoms with van der Waals surface area (Å²) in [6.45, 7) is 0. The lowest BCUT2D eigenvalue weighted by molar-refractivity contribution is 0.567. The zero-order valence-electron chi connectivity index (χ0n) is 7.35. The summed E-state index contributed by atoms with van der Waals surface area (Å²) in [6, 6.07) is 12.4. The Morgan fingerprint density at radius 1 is 1.07 bits per heavy atom. The zero-order chi connectivity index (χ0) is 10.2. The Bertz CT molecular complexity index is 369. The molecule has 0 N–H and O–H groups in total. The molecule has 2 nitrogen and oxygen atoms in total. The summed E-state index contributed by atoms with van der Waals surface area (Å²) >= 11 is 5.56. The number of nitrogens with zero attached hydrogens (tertiary/aromatic N) is 1. The van der Waals surface area contributed by atoms with Crippen LogP contribution < -0.4 is 0 Å². The van der Waals surface area contributed by atoms with Gasteiger partial charge in [0.05, 0.1) is 24.2 Å². The van der Waals surface area contributed by atoms with E-state index >= 15 is 0 Å². The molecule has 0 amide bonds. The van der Waals surface area contributed by atoms with Gasteiger partial charge in [-0.15, -0.1) is 0 Å². The molecule has 0 saturated heterocycles. The maximum absolute atomic E-state index is 8.34. The molecule has 70 valence electrons. The summed E-state index contributed by atoms with van der Waals surface area (Å²) in [7, 11) is 0. The van der Waals surface area contributed by atoms with Crippen molar-refractivity contribution in [2.75, 3.05) is 0 Å². The van der Waals surface area contributed by atoms with Gasteiger partial charge in [-0.2, -0.15) is 5.26 Å². The highest BCUT2D eigenvalue weighted by molar-refractivity contribution is 6.30. The SMILES string of the molecule is N#Cc1ccc(Cl)cc1.c1ccoc1. The van der Waals surface area contributed by atoms with Crippen molar-refractivity contribution >= 4 is 11.6 Å². The van der Waals surface area contributed by atoms with Gasteiger partial charge in [-0.3, -0.25) is 0 Å². The fourth-order valence-corrected chi connectivity index (χ4v) is 0.877. The number of rotatable bonds is 0. The maximum atomic E-state index is 8.34. The van der Waals surface area contributed by atoms with Crippen molar-refractivity contribution < 1.29 is 4.42 Å². The van der Waals surface area contributed by atoms with E-state index < -0.39 is 0 Å². The Morgan fingerprint density at radius 3 is 2.00 bits per heavy atom. The summed E-state index contributed by atoms with van der Waals surface area (Å²) in [5.41, 5.74) is 0.638. The van der Waals surface area contributed by atoms with E-state index in [2.05, 4.69) is 4.42 Å². The highest BCUT2D eigenvalue weighted by atomic mass is 35.5. The van der Waals surface area contributed by atoms with Crippen LogP contribution in [-0.2, 0) is 0 Å². The van der Waals surface area contributed by atoms with Crippen LogP contribution in [0.5, 0.6) is 0 Å². The zero-order valence-corrected chi connectivity index (χ0v) is 8.11. The average Bonchev–Trinajstić information content (AvgIpc) is 2.77. The minimum Gasteiger partial charge on any atom is -0.473 e. The summed E-state index contributed by atoms with van der Waals surface area (Å²) in [5.74, 6) is 0. The Balaban J connectivity index is 0.000000165. The molecule has 0 unspecified atom stereocenters. The summed E-state index contributed by atoms with van der Waals surface area (Å²) in [4.78, 5) is 0. The van der Waals surface area contributed by atoms with Crippen molar-refractivity contribution in [2.24, 2.45) is 0 Å². The molecule has 1 heterocycles. The number of furan rings is 1. The number of halogens is 1. The first-order valence-corrected chi connectivity index (χ1v) is 4.33. The monoisotopic (exact) mass is 205 g/mol. The molecule has 2 rings (SSSR count). The molecule has 0 aliphatic carbocycles. The summed E-state index contributed by atoms with van der Waals surface area (Å²) in [6.07, 6.45) is 3.25. The topological polar surface area (TPSA) is 36.9 Å². The van der Waals surface area contributed by atoms with E-state index in [9.17, 15) is 0 Å². The average molecular weight is 206 g/mol. The molecule has 0 saturated carbocycles. The molecule has 0 bridgehead atoms. The van der Waals surface area contributed by atoms with Gasteiger partial charge in [0.25, 0.3) is 0 Å². The molecule has 0 atom stereocenters. The summed E-state index contributed by atoms with van der Waals surface area (Å²) in [5, 5.41) is 9.00. The molecule has 0 fully saturated rings. The fraction of sp³-hybridized carbons (Fsp3) is 0. The maximum Gasteiger partial charge on any atom is 0.0991 e. The predicted octanol–water partition coefficient (Wildman–Crippen LogP) is 3.49. The quantitative estimate of drug-likeness (QED) is 0.660. The molecule has 1 aromatic heterocycles. The normalized spacial score (nSPS) is 8.29. The number of hydrogen-bond donors (Lipinski definition) is 0. The second-order valence-corrected chi connectivity index (χ2v) is 2.85. The third kappa shape index (κ3) is 3.79. The van der Waals surface area contributed by atoms with Crippen LogP contribution in [0.2, 0.25) is 5.02 Å². The van der Waals surface area contributed by atoms with E-state index in [0.29, 0.717) is 10.6 Å². The lowest BCUT2D eigenvalue weighted by Gasteiger charge is -1.86. The van der Waals surface area contributed by atoms with Crippen LogP contribution in [-0.4, -0.2) is 0 Å². The van der Waals surface area contributed by atoms with Gasteiger partial charge in [-0.25, -0.2) is 0 Å². The van der Waals surface area contributed by atoms with E-state index in [0.717, 1.165) is 0 Å². The first kappa shape index (κ1) is 10.4. The van der Waals surface area contributed by atoms with E-state index in [1.165, 1.54) is 0 Å².